The molecule has 1 spiro atoms. The van der Waals surface area contributed by atoms with Gasteiger partial charge in [-0.05, 0) is 25.3 Å². The van der Waals surface area contributed by atoms with Gasteiger partial charge in [-0.2, -0.15) is 0 Å². The summed E-state index contributed by atoms with van der Waals surface area (Å²) in [6.07, 6.45) is 4.21. The molecule has 1 saturated carbocycles. The quantitative estimate of drug-likeness (QED) is 0.900. The third kappa shape index (κ3) is 2.13. The first-order valence-electron chi connectivity index (χ1n) is 7.22. The second-order valence-electron chi connectivity index (χ2n) is 5.89. The normalized spacial score (nSPS) is 32.4. The number of hydrogen-bond acceptors (Lipinski definition) is 3. The van der Waals surface area contributed by atoms with Crippen molar-refractivity contribution in [3.05, 3.63) is 35.9 Å². The van der Waals surface area contributed by atoms with Crippen molar-refractivity contribution in [1.82, 2.24) is 0 Å². The summed E-state index contributed by atoms with van der Waals surface area (Å²) in [6, 6.07) is 9.50. The molecule has 1 heterocycles. The van der Waals surface area contributed by atoms with Crippen LogP contribution in [0.2, 0.25) is 0 Å². The zero-order valence-electron chi connectivity index (χ0n) is 11.7. The van der Waals surface area contributed by atoms with Crippen LogP contribution in [0.15, 0.2) is 30.3 Å². The summed E-state index contributed by atoms with van der Waals surface area (Å²) in [5, 5.41) is 9.61. The third-order valence-electron chi connectivity index (χ3n) is 4.37. The predicted molar refractivity (Wildman–Crippen MR) is 73.2 cm³/mol. The lowest BCUT2D eigenvalue weighted by Gasteiger charge is -2.32. The number of carboxylic acid groups (broad SMARTS) is 1. The average Bonchev–Trinajstić information content (AvgIpc) is 2.75. The van der Waals surface area contributed by atoms with Crippen molar-refractivity contribution in [2.24, 2.45) is 0 Å². The Bertz CT molecular complexity index is 492. The number of carbonyl (C=O) groups is 1. The van der Waals surface area contributed by atoms with Crippen LogP contribution in [0.3, 0.4) is 0 Å². The molecule has 1 aromatic rings. The molecule has 0 unspecified atom stereocenters. The van der Waals surface area contributed by atoms with Crippen molar-refractivity contribution in [3.8, 4) is 0 Å². The van der Waals surface area contributed by atoms with E-state index in [0.29, 0.717) is 0 Å². The Morgan fingerprint density at radius 3 is 2.45 bits per heavy atom. The fourth-order valence-electron chi connectivity index (χ4n) is 3.27. The van der Waals surface area contributed by atoms with Gasteiger partial charge in [-0.1, -0.05) is 36.8 Å². The lowest BCUT2D eigenvalue weighted by atomic mass is 9.93. The Hall–Kier alpha value is -1.39. The third-order valence-corrected chi connectivity index (χ3v) is 4.37. The summed E-state index contributed by atoms with van der Waals surface area (Å²) < 4.78 is 12.1. The van der Waals surface area contributed by atoms with Gasteiger partial charge in [0.15, 0.2) is 11.4 Å². The summed E-state index contributed by atoms with van der Waals surface area (Å²) in [5.41, 5.74) is -0.460. The highest BCUT2D eigenvalue weighted by Crippen LogP contribution is 2.51. The second-order valence-corrected chi connectivity index (χ2v) is 5.89. The number of benzene rings is 1. The van der Waals surface area contributed by atoms with E-state index in [1.807, 2.05) is 30.3 Å². The van der Waals surface area contributed by atoms with Crippen LogP contribution in [0.5, 0.6) is 0 Å². The fraction of sp³-hybridized carbons (Fsp3) is 0.562. The first-order chi connectivity index (χ1) is 9.56. The van der Waals surface area contributed by atoms with E-state index in [2.05, 4.69) is 0 Å². The van der Waals surface area contributed by atoms with Gasteiger partial charge in [0, 0.05) is 12.8 Å². The lowest BCUT2D eigenvalue weighted by Crippen LogP contribution is -2.42. The Labute approximate surface area is 118 Å². The summed E-state index contributed by atoms with van der Waals surface area (Å²) in [7, 11) is 0. The van der Waals surface area contributed by atoms with Crippen LogP contribution in [0.4, 0.5) is 0 Å². The monoisotopic (exact) mass is 276 g/mol. The second kappa shape index (κ2) is 4.86. The predicted octanol–water partition coefficient (Wildman–Crippen LogP) is 3.28. The minimum absolute atomic E-state index is 0.556. The maximum absolute atomic E-state index is 11.7. The number of hydrogen-bond donors (Lipinski definition) is 1. The molecule has 0 amide bonds. The minimum atomic E-state index is -1.32. The van der Waals surface area contributed by atoms with E-state index in [1.54, 1.807) is 6.92 Å². The van der Waals surface area contributed by atoms with E-state index >= 15 is 0 Å². The minimum Gasteiger partial charge on any atom is -0.479 e. The molecular formula is C16H20O4. The van der Waals surface area contributed by atoms with Crippen LogP contribution in [0.1, 0.15) is 50.7 Å². The van der Waals surface area contributed by atoms with Gasteiger partial charge in [0.25, 0.3) is 0 Å². The highest BCUT2D eigenvalue weighted by atomic mass is 16.8. The molecule has 1 saturated heterocycles. The van der Waals surface area contributed by atoms with Crippen molar-refractivity contribution in [2.45, 2.75) is 56.5 Å². The molecule has 20 heavy (non-hydrogen) atoms. The van der Waals surface area contributed by atoms with E-state index in [0.717, 1.165) is 37.7 Å². The van der Waals surface area contributed by atoms with Crippen molar-refractivity contribution in [1.29, 1.82) is 0 Å². The first-order valence-corrected chi connectivity index (χ1v) is 7.22. The number of ether oxygens (including phenoxy) is 2. The highest BCUT2D eigenvalue weighted by Gasteiger charge is 2.59. The molecule has 0 radical (unpaired) electrons. The van der Waals surface area contributed by atoms with Gasteiger partial charge >= 0.3 is 5.97 Å². The smallest absolute Gasteiger partial charge is 0.338 e. The first kappa shape index (κ1) is 13.6. The molecule has 1 aromatic carbocycles. The average molecular weight is 276 g/mol. The number of rotatable bonds is 2. The molecule has 0 aromatic heterocycles. The summed E-state index contributed by atoms with van der Waals surface area (Å²) in [4.78, 5) is 11.7. The van der Waals surface area contributed by atoms with Gasteiger partial charge in [-0.25, -0.2) is 4.79 Å². The SMILES string of the molecule is C[C@]1(C(=O)O)OC2(CCCCC2)O[C@@H]1c1ccccc1. The van der Waals surface area contributed by atoms with E-state index < -0.39 is 23.5 Å². The van der Waals surface area contributed by atoms with Gasteiger partial charge in [0.2, 0.25) is 0 Å². The van der Waals surface area contributed by atoms with Crippen LogP contribution in [-0.4, -0.2) is 22.5 Å². The van der Waals surface area contributed by atoms with Crippen LogP contribution in [-0.2, 0) is 14.3 Å². The Kier molecular flexibility index (Phi) is 3.30. The maximum atomic E-state index is 11.7. The highest BCUT2D eigenvalue weighted by molar-refractivity contribution is 5.78. The van der Waals surface area contributed by atoms with E-state index in [-0.39, 0.29) is 0 Å². The van der Waals surface area contributed by atoms with Crippen LogP contribution in [0.25, 0.3) is 0 Å². The molecular weight excluding hydrogens is 256 g/mol. The van der Waals surface area contributed by atoms with Crippen LogP contribution in [0, 0.1) is 0 Å². The summed E-state index contributed by atoms with van der Waals surface area (Å²) >= 11 is 0. The topological polar surface area (TPSA) is 55.8 Å². The van der Waals surface area contributed by atoms with Gasteiger partial charge in [-0.3, -0.25) is 0 Å². The van der Waals surface area contributed by atoms with E-state index in [9.17, 15) is 9.90 Å². The summed E-state index contributed by atoms with van der Waals surface area (Å²) in [5.74, 6) is -1.68. The standard InChI is InChI=1S/C16H20O4/c1-15(14(17)18)13(12-8-4-2-5-9-12)19-16(20-15)10-6-3-7-11-16/h2,4-5,8-9,13H,3,6-7,10-11H2,1H3,(H,17,18)/t13-,15+/m1/s1. The molecule has 2 aliphatic rings. The largest absolute Gasteiger partial charge is 0.479 e. The van der Waals surface area contributed by atoms with Gasteiger partial charge in [0.1, 0.15) is 6.10 Å². The fourth-order valence-corrected chi connectivity index (χ4v) is 3.27. The molecule has 0 bridgehead atoms. The van der Waals surface area contributed by atoms with Gasteiger partial charge in [0.05, 0.1) is 0 Å². The van der Waals surface area contributed by atoms with Gasteiger partial charge < -0.3 is 14.6 Å². The van der Waals surface area contributed by atoms with Crippen LogP contribution >= 0.6 is 0 Å². The Morgan fingerprint density at radius 1 is 1.20 bits per heavy atom. The van der Waals surface area contributed by atoms with E-state index in [4.69, 9.17) is 9.47 Å². The molecule has 1 aliphatic heterocycles. The Balaban J connectivity index is 1.96. The van der Waals surface area contributed by atoms with E-state index in [1.165, 1.54) is 0 Å². The molecule has 2 atom stereocenters. The molecule has 3 rings (SSSR count). The molecule has 2 fully saturated rings. The van der Waals surface area contributed by atoms with Crippen molar-refractivity contribution in [3.63, 3.8) is 0 Å². The molecule has 108 valence electrons. The molecule has 1 aliphatic carbocycles. The van der Waals surface area contributed by atoms with Gasteiger partial charge in [-0.15, -0.1) is 0 Å². The lowest BCUT2D eigenvalue weighted by molar-refractivity contribution is -0.211. The zero-order chi connectivity index (χ0) is 14.2. The molecule has 1 N–H and O–H groups in total. The number of carboxylic acids is 1. The van der Waals surface area contributed by atoms with Crippen molar-refractivity contribution >= 4 is 5.97 Å². The Morgan fingerprint density at radius 2 is 1.85 bits per heavy atom. The molecule has 4 heteroatoms. The maximum Gasteiger partial charge on any atom is 0.338 e. The number of aliphatic carboxylic acids is 1. The summed E-state index contributed by atoms with van der Waals surface area (Å²) in [6.45, 7) is 1.62. The molecule has 4 nitrogen and oxygen atoms in total. The van der Waals surface area contributed by atoms with Crippen molar-refractivity contribution in [2.75, 3.05) is 0 Å². The van der Waals surface area contributed by atoms with Crippen LogP contribution < -0.4 is 0 Å². The van der Waals surface area contributed by atoms with Crippen molar-refractivity contribution < 1.29 is 19.4 Å². The zero-order valence-corrected chi connectivity index (χ0v) is 11.7.